The molecule has 0 saturated carbocycles. The van der Waals surface area contributed by atoms with Crippen LogP contribution in [0.1, 0.15) is 0 Å². The summed E-state index contributed by atoms with van der Waals surface area (Å²) < 4.78 is 5.16. The Hall–Kier alpha value is -5.18. The monoisotopic (exact) mass is 551 g/mol. The summed E-state index contributed by atoms with van der Waals surface area (Å²) in [5.41, 5.74) is 8.49. The molecule has 9 rings (SSSR count). The van der Waals surface area contributed by atoms with Gasteiger partial charge in [-0.05, 0) is 64.0 Å². The van der Waals surface area contributed by atoms with Gasteiger partial charge < -0.3 is 4.57 Å². The maximum Gasteiger partial charge on any atom is 0.0547 e. The summed E-state index contributed by atoms with van der Waals surface area (Å²) in [5.74, 6) is 0. The van der Waals surface area contributed by atoms with Gasteiger partial charge in [0.1, 0.15) is 0 Å². The number of fused-ring (bicyclic) bond motifs is 9. The number of para-hydroxylation sites is 1. The minimum Gasteiger partial charge on any atom is -0.309 e. The van der Waals surface area contributed by atoms with E-state index in [9.17, 15) is 0 Å². The Morgan fingerprint density at radius 3 is 1.69 bits per heavy atom. The lowest BCUT2D eigenvalue weighted by Gasteiger charge is -2.14. The number of hydrogen-bond donors (Lipinski definition) is 0. The van der Waals surface area contributed by atoms with Crippen molar-refractivity contribution in [2.75, 3.05) is 0 Å². The minimum atomic E-state index is 1.17. The summed E-state index contributed by atoms with van der Waals surface area (Å²) in [6.45, 7) is 0. The molecule has 2 heterocycles. The molecule has 0 amide bonds. The van der Waals surface area contributed by atoms with Gasteiger partial charge in [-0.25, -0.2) is 0 Å². The fourth-order valence-corrected chi connectivity index (χ4v) is 7.90. The molecule has 0 atom stereocenters. The van der Waals surface area contributed by atoms with Crippen LogP contribution in [0.5, 0.6) is 0 Å². The van der Waals surface area contributed by atoms with Gasteiger partial charge in [0.2, 0.25) is 0 Å². The lowest BCUT2D eigenvalue weighted by Crippen LogP contribution is -1.96. The normalized spacial score (nSPS) is 11.8. The van der Waals surface area contributed by atoms with Crippen LogP contribution in [0.25, 0.3) is 80.7 Å². The molecular formula is C40H25NS. The van der Waals surface area contributed by atoms with Crippen molar-refractivity contribution in [2.24, 2.45) is 0 Å². The minimum absolute atomic E-state index is 1.17. The Bertz CT molecular complexity index is 2390. The zero-order valence-electron chi connectivity index (χ0n) is 22.8. The summed E-state index contributed by atoms with van der Waals surface area (Å²) in [5, 5.41) is 7.91. The van der Waals surface area contributed by atoms with Gasteiger partial charge in [-0.1, -0.05) is 115 Å². The molecule has 0 fully saturated rings. The summed E-state index contributed by atoms with van der Waals surface area (Å²) in [7, 11) is 0. The van der Waals surface area contributed by atoms with E-state index in [2.05, 4.69) is 156 Å². The predicted octanol–water partition coefficient (Wildman–Crippen LogP) is 11.6. The van der Waals surface area contributed by atoms with E-state index >= 15 is 0 Å². The van der Waals surface area contributed by atoms with Gasteiger partial charge in [0.15, 0.2) is 0 Å². The molecule has 2 aromatic heterocycles. The molecule has 196 valence electrons. The average molecular weight is 552 g/mol. The third-order valence-corrected chi connectivity index (χ3v) is 9.78. The van der Waals surface area contributed by atoms with Crippen LogP contribution < -0.4 is 0 Å². The molecule has 0 N–H and O–H groups in total. The number of aromatic nitrogens is 1. The molecule has 0 aliphatic rings. The van der Waals surface area contributed by atoms with Crippen LogP contribution in [-0.2, 0) is 0 Å². The Labute approximate surface area is 247 Å². The highest BCUT2D eigenvalue weighted by Crippen LogP contribution is 2.43. The summed E-state index contributed by atoms with van der Waals surface area (Å²) in [6.07, 6.45) is 0. The second kappa shape index (κ2) is 9.17. The van der Waals surface area contributed by atoms with E-state index < -0.39 is 0 Å². The first-order chi connectivity index (χ1) is 20.8. The third-order valence-electron chi connectivity index (χ3n) is 8.56. The molecule has 0 radical (unpaired) electrons. The van der Waals surface area contributed by atoms with Crippen molar-refractivity contribution in [3.05, 3.63) is 152 Å². The fraction of sp³-hybridized carbons (Fsp3) is 0. The van der Waals surface area contributed by atoms with E-state index in [1.165, 1.54) is 80.7 Å². The molecule has 9 aromatic rings. The second-order valence-corrected chi connectivity index (χ2v) is 12.0. The molecule has 0 bridgehead atoms. The van der Waals surface area contributed by atoms with Gasteiger partial charge in [-0.3, -0.25) is 0 Å². The molecule has 0 aliphatic carbocycles. The first kappa shape index (κ1) is 23.5. The van der Waals surface area contributed by atoms with Crippen molar-refractivity contribution < 1.29 is 0 Å². The standard InChI is InChI=1S/C40H25NS/c1-3-11-26(12-4-1)28-23-29(27-13-5-2-6-14-27)25-30(24-28)41-36-17-9-7-16-35(36)39-32-19-20-33-31-15-8-10-18-38(31)42-40(33)34(32)21-22-37(39)41/h1-25H. The Kier molecular flexibility index (Phi) is 5.13. The largest absolute Gasteiger partial charge is 0.309 e. The van der Waals surface area contributed by atoms with Crippen molar-refractivity contribution in [2.45, 2.75) is 0 Å². The highest BCUT2D eigenvalue weighted by Gasteiger charge is 2.18. The maximum absolute atomic E-state index is 2.46. The number of nitrogens with zero attached hydrogens (tertiary/aromatic N) is 1. The quantitative estimate of drug-likeness (QED) is 0.206. The first-order valence-electron chi connectivity index (χ1n) is 14.4. The van der Waals surface area contributed by atoms with Crippen molar-refractivity contribution >= 4 is 64.1 Å². The van der Waals surface area contributed by atoms with Gasteiger partial charge in [0.05, 0.1) is 11.0 Å². The Balaban J connectivity index is 1.38. The van der Waals surface area contributed by atoms with Gasteiger partial charge in [-0.2, -0.15) is 0 Å². The van der Waals surface area contributed by atoms with E-state index in [4.69, 9.17) is 0 Å². The van der Waals surface area contributed by atoms with E-state index in [1.54, 1.807) is 0 Å². The Morgan fingerprint density at radius 2 is 0.952 bits per heavy atom. The van der Waals surface area contributed by atoms with Crippen molar-refractivity contribution in [3.8, 4) is 27.9 Å². The molecule has 0 unspecified atom stereocenters. The van der Waals surface area contributed by atoms with Gasteiger partial charge in [0.25, 0.3) is 0 Å². The van der Waals surface area contributed by atoms with Gasteiger partial charge in [0, 0.05) is 42.0 Å². The summed E-state index contributed by atoms with van der Waals surface area (Å²) in [6, 6.07) is 55.4. The van der Waals surface area contributed by atoms with Crippen molar-refractivity contribution in [1.82, 2.24) is 4.57 Å². The molecule has 1 nitrogen and oxygen atoms in total. The lowest BCUT2D eigenvalue weighted by molar-refractivity contribution is 1.18. The van der Waals surface area contributed by atoms with Crippen LogP contribution >= 0.6 is 11.3 Å². The van der Waals surface area contributed by atoms with Crippen LogP contribution in [-0.4, -0.2) is 4.57 Å². The average Bonchev–Trinajstić information content (AvgIpc) is 3.61. The smallest absolute Gasteiger partial charge is 0.0547 e. The van der Waals surface area contributed by atoms with Crippen LogP contribution in [0.15, 0.2) is 152 Å². The maximum atomic E-state index is 2.46. The SMILES string of the molecule is c1ccc(-c2cc(-c3ccccc3)cc(-n3c4ccccc4c4c5ccc6c7ccccc7sc6c5ccc43)c2)cc1. The zero-order valence-corrected chi connectivity index (χ0v) is 23.6. The van der Waals surface area contributed by atoms with Crippen molar-refractivity contribution in [1.29, 1.82) is 0 Å². The van der Waals surface area contributed by atoms with Crippen LogP contribution in [0.2, 0.25) is 0 Å². The number of hydrogen-bond acceptors (Lipinski definition) is 1. The van der Waals surface area contributed by atoms with E-state index in [-0.39, 0.29) is 0 Å². The Morgan fingerprint density at radius 1 is 0.381 bits per heavy atom. The van der Waals surface area contributed by atoms with Crippen LogP contribution in [0.3, 0.4) is 0 Å². The molecule has 0 spiro atoms. The predicted molar refractivity (Wildman–Crippen MR) is 182 cm³/mol. The molecule has 42 heavy (non-hydrogen) atoms. The van der Waals surface area contributed by atoms with E-state index in [0.717, 1.165) is 0 Å². The van der Waals surface area contributed by atoms with E-state index in [0.29, 0.717) is 0 Å². The number of rotatable bonds is 3. The first-order valence-corrected chi connectivity index (χ1v) is 15.2. The zero-order chi connectivity index (χ0) is 27.6. The fourth-order valence-electron chi connectivity index (χ4n) is 6.67. The summed E-state index contributed by atoms with van der Waals surface area (Å²) >= 11 is 1.90. The van der Waals surface area contributed by atoms with Crippen LogP contribution in [0.4, 0.5) is 0 Å². The lowest BCUT2D eigenvalue weighted by atomic mass is 9.98. The van der Waals surface area contributed by atoms with Crippen molar-refractivity contribution in [3.63, 3.8) is 0 Å². The van der Waals surface area contributed by atoms with Gasteiger partial charge in [-0.15, -0.1) is 11.3 Å². The molecule has 0 aliphatic heterocycles. The van der Waals surface area contributed by atoms with Gasteiger partial charge >= 0.3 is 0 Å². The molecule has 2 heteroatoms. The molecule has 7 aromatic carbocycles. The highest BCUT2D eigenvalue weighted by atomic mass is 32.1. The van der Waals surface area contributed by atoms with Crippen LogP contribution in [0, 0.1) is 0 Å². The number of thiophene rings is 1. The number of benzene rings is 7. The third kappa shape index (κ3) is 3.49. The topological polar surface area (TPSA) is 4.93 Å². The highest BCUT2D eigenvalue weighted by molar-refractivity contribution is 7.26. The second-order valence-electron chi connectivity index (χ2n) is 10.9. The molecular weight excluding hydrogens is 527 g/mol. The summed E-state index contributed by atoms with van der Waals surface area (Å²) in [4.78, 5) is 0. The van der Waals surface area contributed by atoms with E-state index in [1.807, 2.05) is 11.3 Å². The molecule has 0 saturated heterocycles.